The van der Waals surface area contributed by atoms with Gasteiger partial charge in [0.25, 0.3) is 11.8 Å². The minimum absolute atomic E-state index is 0.0245. The first kappa shape index (κ1) is 66.7. The SMILES string of the molecule is Cn1cc(NC(=O)c2nc(NC(=O)CCC(=O)Nc3ccc4c5c(cc(OCc6ccccc6)c4c3)N(C(=O)OC(C)(C)C)CC5CCl)cn2C)nc1C(=O)NCC(=O)NCC(=O)Nc1ccc2c3c(cc(OCc4ccccc4)c2c1)N(C(=O)OC(C)(C)C)CC3CCl. The van der Waals surface area contributed by atoms with E-state index < -0.39 is 71.9 Å². The molecule has 94 heavy (non-hydrogen) atoms. The van der Waals surface area contributed by atoms with Crippen LogP contribution in [0, 0.1) is 0 Å². The third-order valence-corrected chi connectivity index (χ3v) is 15.9. The largest absolute Gasteiger partial charge is 0.488 e. The van der Waals surface area contributed by atoms with E-state index in [9.17, 15) is 38.4 Å². The lowest BCUT2D eigenvalue weighted by Gasteiger charge is -2.25. The second-order valence-corrected chi connectivity index (χ2v) is 25.4. The van der Waals surface area contributed by atoms with Gasteiger partial charge in [-0.15, -0.1) is 23.2 Å². The van der Waals surface area contributed by atoms with Gasteiger partial charge in [-0.2, -0.15) is 0 Å². The number of carbonyl (C=O) groups excluding carboxylic acids is 8. The van der Waals surface area contributed by atoms with Crippen LogP contribution < -0.4 is 51.2 Å². The molecule has 2 aromatic heterocycles. The first-order valence-corrected chi connectivity index (χ1v) is 31.4. The minimum Gasteiger partial charge on any atom is -0.488 e. The van der Waals surface area contributed by atoms with E-state index >= 15 is 0 Å². The number of hydrogen-bond donors (Lipinski definition) is 6. The molecule has 26 heteroatoms. The average molecular weight is 1320 g/mol. The number of imidazole rings is 2. The Kier molecular flexibility index (Phi) is 20.1. The number of rotatable bonds is 21. The zero-order valence-electron chi connectivity index (χ0n) is 53.1. The fraction of sp³-hybridized carbons (Fsp3) is 0.324. The van der Waals surface area contributed by atoms with Crippen LogP contribution in [0.15, 0.2) is 122 Å². The van der Waals surface area contributed by atoms with Gasteiger partial charge in [0.15, 0.2) is 11.6 Å². The Hall–Kier alpha value is -10.2. The molecule has 2 aliphatic rings. The molecule has 8 amide bonds. The number of fused-ring (bicyclic) bond motifs is 6. The molecule has 4 heterocycles. The Morgan fingerprint density at radius 1 is 0.500 bits per heavy atom. The molecule has 2 atom stereocenters. The molecule has 0 spiro atoms. The minimum atomic E-state index is -0.759. The Labute approximate surface area is 551 Å². The molecule has 10 rings (SSSR count). The van der Waals surface area contributed by atoms with Gasteiger partial charge >= 0.3 is 12.2 Å². The van der Waals surface area contributed by atoms with Crippen molar-refractivity contribution in [2.75, 3.05) is 69.0 Å². The molecule has 2 aliphatic heterocycles. The molecule has 0 radical (unpaired) electrons. The first-order valence-electron chi connectivity index (χ1n) is 30.3. The highest BCUT2D eigenvalue weighted by Crippen LogP contribution is 2.49. The number of aromatic nitrogens is 4. The summed E-state index contributed by atoms with van der Waals surface area (Å²) in [7, 11) is 3.05. The molecule has 8 aromatic rings. The number of benzene rings is 6. The van der Waals surface area contributed by atoms with Crippen molar-refractivity contribution in [1.29, 1.82) is 0 Å². The molecule has 0 aliphatic carbocycles. The molecular weight excluding hydrogens is 1250 g/mol. The third kappa shape index (κ3) is 16.0. The number of nitrogens with zero attached hydrogens (tertiary/aromatic N) is 6. The standard InChI is InChI=1S/C68H72Cl2N12O12/c1-67(2,3)93-65(89)81-33-41(29-69)59-45-21-19-43(25-47(45)51(27-49(59)81)91-37-39-15-11-9-12-16-39)73-55(83)23-24-56(84)75-53-35-80(8)62(76-53)64(88)78-54-36-79(7)61(77-54)63(87)72-31-57(85)71-32-58(86)74-44-20-22-46-48(26-44)52(92-38-40-17-13-10-14-18-40)28-50-60(46)42(30-70)34-82(50)66(90)94-68(4,5)6/h9-22,25-28,35-36,41-42H,23-24,29-34,37-38H2,1-8H3,(H,71,85)(H,72,87)(H,73,83)(H,74,86)(H,75,84)(H,78,88). The summed E-state index contributed by atoms with van der Waals surface area (Å²) < 4.78 is 27.0. The molecule has 0 saturated heterocycles. The van der Waals surface area contributed by atoms with Crippen LogP contribution in [-0.2, 0) is 56.0 Å². The Bertz CT molecular complexity index is 4240. The third-order valence-electron chi connectivity index (χ3n) is 15.2. The predicted octanol–water partition coefficient (Wildman–Crippen LogP) is 10.9. The van der Waals surface area contributed by atoms with E-state index in [1.165, 1.54) is 35.6 Å². The normalized spacial score (nSPS) is 14.2. The zero-order valence-corrected chi connectivity index (χ0v) is 54.6. The van der Waals surface area contributed by atoms with E-state index in [0.29, 0.717) is 58.1 Å². The van der Waals surface area contributed by atoms with Crippen LogP contribution in [0.5, 0.6) is 11.5 Å². The number of amides is 8. The summed E-state index contributed by atoms with van der Waals surface area (Å²) in [5.41, 5.74) is 4.15. The van der Waals surface area contributed by atoms with Crippen LogP contribution in [0.3, 0.4) is 0 Å². The zero-order chi connectivity index (χ0) is 67.2. The van der Waals surface area contributed by atoms with Crippen molar-refractivity contribution < 1.29 is 57.3 Å². The van der Waals surface area contributed by atoms with Crippen molar-refractivity contribution in [3.05, 3.63) is 155 Å². The van der Waals surface area contributed by atoms with Crippen molar-refractivity contribution in [2.45, 2.75) is 90.6 Å². The number of aryl methyl sites for hydroxylation is 2. The van der Waals surface area contributed by atoms with Gasteiger partial charge in [-0.05, 0) is 98.8 Å². The van der Waals surface area contributed by atoms with Crippen LogP contribution >= 0.6 is 23.2 Å². The highest BCUT2D eigenvalue weighted by molar-refractivity contribution is 6.19. The molecule has 2 unspecified atom stereocenters. The van der Waals surface area contributed by atoms with E-state index in [0.717, 1.165) is 33.0 Å². The quantitative estimate of drug-likeness (QED) is 0.0365. The summed E-state index contributed by atoms with van der Waals surface area (Å²) in [5, 5.41) is 18.8. The second kappa shape index (κ2) is 28.3. The van der Waals surface area contributed by atoms with Crippen LogP contribution in [-0.4, -0.2) is 116 Å². The summed E-state index contributed by atoms with van der Waals surface area (Å²) >= 11 is 13.0. The molecule has 6 aromatic carbocycles. The van der Waals surface area contributed by atoms with E-state index in [4.69, 9.17) is 42.1 Å². The number of hydrogen-bond acceptors (Lipinski definition) is 14. The lowest BCUT2D eigenvalue weighted by Crippen LogP contribution is -2.40. The van der Waals surface area contributed by atoms with Crippen molar-refractivity contribution in [1.82, 2.24) is 29.7 Å². The van der Waals surface area contributed by atoms with Crippen molar-refractivity contribution in [3.63, 3.8) is 0 Å². The monoisotopic (exact) mass is 1320 g/mol. The van der Waals surface area contributed by atoms with Crippen LogP contribution in [0.4, 0.5) is 44.0 Å². The molecule has 0 saturated carbocycles. The van der Waals surface area contributed by atoms with E-state index in [1.54, 1.807) is 87.7 Å². The number of carbonyl (C=O) groups is 8. The number of anilines is 6. The topological polar surface area (TPSA) is 288 Å². The van der Waals surface area contributed by atoms with Gasteiger partial charge < -0.3 is 60.0 Å². The maximum absolute atomic E-state index is 13.5. The van der Waals surface area contributed by atoms with Crippen LogP contribution in [0.2, 0.25) is 0 Å². The van der Waals surface area contributed by atoms with Gasteiger partial charge in [0.2, 0.25) is 35.3 Å². The molecule has 490 valence electrons. The lowest BCUT2D eigenvalue weighted by molar-refractivity contribution is -0.123. The van der Waals surface area contributed by atoms with Crippen LogP contribution in [0.1, 0.15) is 110 Å². The number of halogens is 2. The van der Waals surface area contributed by atoms with Gasteiger partial charge in [0.05, 0.1) is 24.5 Å². The average Bonchev–Trinajstić information content (AvgIpc) is 1.54. The Balaban J connectivity index is 0.706. The highest BCUT2D eigenvalue weighted by atomic mass is 35.5. The molecule has 6 N–H and O–H groups in total. The summed E-state index contributed by atoms with van der Waals surface area (Å²) in [6, 6.07) is 33.4. The smallest absolute Gasteiger partial charge is 0.414 e. The van der Waals surface area contributed by atoms with Gasteiger partial charge in [-0.1, -0.05) is 72.8 Å². The first-order chi connectivity index (χ1) is 44.8. The lowest BCUT2D eigenvalue weighted by atomic mass is 9.95. The maximum Gasteiger partial charge on any atom is 0.414 e. The van der Waals surface area contributed by atoms with Gasteiger partial charge in [0, 0.05) is 110 Å². The number of alkyl halides is 2. The van der Waals surface area contributed by atoms with E-state index in [2.05, 4.69) is 41.9 Å². The molecular formula is C68H72Cl2N12O12. The summed E-state index contributed by atoms with van der Waals surface area (Å²) in [6.45, 7) is 10.9. The Morgan fingerprint density at radius 3 is 1.38 bits per heavy atom. The summed E-state index contributed by atoms with van der Waals surface area (Å²) in [6.07, 6.45) is 1.34. The molecule has 0 fully saturated rings. The second-order valence-electron chi connectivity index (χ2n) is 24.7. The van der Waals surface area contributed by atoms with Gasteiger partial charge in [-0.25, -0.2) is 19.6 Å². The number of nitrogens with one attached hydrogen (secondary N) is 6. The molecule has 0 bridgehead atoms. The maximum atomic E-state index is 13.5. The van der Waals surface area contributed by atoms with Crippen molar-refractivity contribution in [2.24, 2.45) is 14.1 Å². The highest BCUT2D eigenvalue weighted by Gasteiger charge is 2.39. The predicted molar refractivity (Wildman–Crippen MR) is 358 cm³/mol. The van der Waals surface area contributed by atoms with Crippen LogP contribution in [0.25, 0.3) is 21.5 Å². The fourth-order valence-electron chi connectivity index (χ4n) is 11.0. The summed E-state index contributed by atoms with van der Waals surface area (Å²) in [5.74, 6) is -3.03. The Morgan fingerprint density at radius 2 is 0.926 bits per heavy atom. The fourth-order valence-corrected chi connectivity index (χ4v) is 11.5. The molecule has 24 nitrogen and oxygen atoms in total. The van der Waals surface area contributed by atoms with Gasteiger partial charge in [-0.3, -0.25) is 38.6 Å². The van der Waals surface area contributed by atoms with E-state index in [1.807, 2.05) is 72.8 Å². The van der Waals surface area contributed by atoms with Crippen molar-refractivity contribution in [3.8, 4) is 11.5 Å². The number of ether oxygens (including phenoxy) is 4. The van der Waals surface area contributed by atoms with Gasteiger partial charge in [0.1, 0.15) is 35.9 Å². The van der Waals surface area contributed by atoms with Crippen molar-refractivity contribution >= 4 is 127 Å². The van der Waals surface area contributed by atoms with E-state index in [-0.39, 0.29) is 72.9 Å². The summed E-state index contributed by atoms with van der Waals surface area (Å²) in [4.78, 5) is 118.